The lowest BCUT2D eigenvalue weighted by Crippen LogP contribution is -2.22. The van der Waals surface area contributed by atoms with Crippen LogP contribution in [0.15, 0.2) is 48.5 Å². The summed E-state index contributed by atoms with van der Waals surface area (Å²) in [5, 5.41) is 3.60. The van der Waals surface area contributed by atoms with Gasteiger partial charge in [-0.25, -0.2) is 0 Å². The Morgan fingerprint density at radius 1 is 0.857 bits per heavy atom. The molecule has 2 aromatic rings. The zero-order valence-electron chi connectivity index (χ0n) is 13.1. The molecule has 0 aliphatic heterocycles. The van der Waals surface area contributed by atoms with Crippen molar-refractivity contribution in [1.29, 1.82) is 0 Å². The van der Waals surface area contributed by atoms with Crippen LogP contribution in [0.5, 0.6) is 11.5 Å². The summed E-state index contributed by atoms with van der Waals surface area (Å²) in [6.07, 6.45) is 0. The molecule has 0 saturated carbocycles. The summed E-state index contributed by atoms with van der Waals surface area (Å²) in [5.74, 6) is 1.79. The highest BCUT2D eigenvalue weighted by Crippen LogP contribution is 2.27. The van der Waals surface area contributed by atoms with Gasteiger partial charge < -0.3 is 14.8 Å². The van der Waals surface area contributed by atoms with Crippen LogP contribution in [-0.4, -0.2) is 14.2 Å². The normalized spacial score (nSPS) is 13.5. The van der Waals surface area contributed by atoms with E-state index < -0.39 is 0 Å². The van der Waals surface area contributed by atoms with E-state index in [1.807, 2.05) is 30.3 Å². The fourth-order valence-electron chi connectivity index (χ4n) is 2.50. The lowest BCUT2D eigenvalue weighted by molar-refractivity contribution is 0.395. The van der Waals surface area contributed by atoms with E-state index in [4.69, 9.17) is 9.47 Å². The molecular weight excluding hydrogens is 262 g/mol. The highest BCUT2D eigenvalue weighted by molar-refractivity contribution is 5.36. The van der Waals surface area contributed by atoms with Crippen LogP contribution in [0.3, 0.4) is 0 Å². The van der Waals surface area contributed by atoms with E-state index in [1.54, 1.807) is 14.2 Å². The van der Waals surface area contributed by atoms with Crippen LogP contribution >= 0.6 is 0 Å². The first-order valence-corrected chi connectivity index (χ1v) is 7.18. The van der Waals surface area contributed by atoms with Gasteiger partial charge in [-0.2, -0.15) is 0 Å². The van der Waals surface area contributed by atoms with Gasteiger partial charge in [0.1, 0.15) is 11.5 Å². The number of methoxy groups -OCH3 is 2. The number of para-hydroxylation sites is 1. The fourth-order valence-corrected chi connectivity index (χ4v) is 2.50. The minimum Gasteiger partial charge on any atom is -0.497 e. The van der Waals surface area contributed by atoms with Gasteiger partial charge in [0.2, 0.25) is 0 Å². The van der Waals surface area contributed by atoms with Crippen molar-refractivity contribution in [3.63, 3.8) is 0 Å². The van der Waals surface area contributed by atoms with Crippen molar-refractivity contribution in [2.75, 3.05) is 14.2 Å². The minimum absolute atomic E-state index is 0.197. The maximum atomic E-state index is 5.43. The molecule has 0 amide bonds. The Bertz CT molecular complexity index is 583. The number of ether oxygens (including phenoxy) is 2. The molecule has 0 aliphatic carbocycles. The molecule has 21 heavy (non-hydrogen) atoms. The second-order valence-corrected chi connectivity index (χ2v) is 5.13. The van der Waals surface area contributed by atoms with Gasteiger partial charge in [-0.3, -0.25) is 0 Å². The standard InChI is InChI=1S/C18H23NO2/c1-13(15-8-7-9-16(12-15)20-3)19-14(2)17-10-5-6-11-18(17)21-4/h5-14,19H,1-4H3/t13?,14-/m1/s1. The van der Waals surface area contributed by atoms with Gasteiger partial charge in [-0.1, -0.05) is 30.3 Å². The van der Waals surface area contributed by atoms with E-state index in [0.29, 0.717) is 0 Å². The number of rotatable bonds is 6. The van der Waals surface area contributed by atoms with Crippen LogP contribution in [0.25, 0.3) is 0 Å². The summed E-state index contributed by atoms with van der Waals surface area (Å²) in [7, 11) is 3.39. The number of nitrogens with one attached hydrogen (secondary N) is 1. The first-order valence-electron chi connectivity index (χ1n) is 7.18. The van der Waals surface area contributed by atoms with Gasteiger partial charge in [0, 0.05) is 17.6 Å². The third-order valence-corrected chi connectivity index (χ3v) is 3.70. The first kappa shape index (κ1) is 15.4. The molecule has 0 heterocycles. The molecule has 0 spiro atoms. The van der Waals surface area contributed by atoms with Crippen molar-refractivity contribution in [3.05, 3.63) is 59.7 Å². The molecule has 3 nitrogen and oxygen atoms in total. The van der Waals surface area contributed by atoms with Crippen molar-refractivity contribution < 1.29 is 9.47 Å². The van der Waals surface area contributed by atoms with Crippen molar-refractivity contribution in [2.24, 2.45) is 0 Å². The van der Waals surface area contributed by atoms with E-state index in [1.165, 1.54) is 5.56 Å². The summed E-state index contributed by atoms with van der Waals surface area (Å²) in [6.45, 7) is 4.30. The smallest absolute Gasteiger partial charge is 0.123 e. The molecule has 2 rings (SSSR count). The number of hydrogen-bond acceptors (Lipinski definition) is 3. The van der Waals surface area contributed by atoms with Gasteiger partial charge in [0.15, 0.2) is 0 Å². The zero-order valence-corrected chi connectivity index (χ0v) is 13.1. The zero-order chi connectivity index (χ0) is 15.2. The molecule has 0 bridgehead atoms. The highest BCUT2D eigenvalue weighted by Gasteiger charge is 2.14. The quantitative estimate of drug-likeness (QED) is 0.866. The predicted octanol–water partition coefficient (Wildman–Crippen LogP) is 4.12. The summed E-state index contributed by atoms with van der Waals surface area (Å²) in [4.78, 5) is 0. The predicted molar refractivity (Wildman–Crippen MR) is 86.0 cm³/mol. The molecule has 0 radical (unpaired) electrons. The number of hydrogen-bond donors (Lipinski definition) is 1. The maximum Gasteiger partial charge on any atom is 0.123 e. The van der Waals surface area contributed by atoms with Gasteiger partial charge >= 0.3 is 0 Å². The second kappa shape index (κ2) is 7.14. The van der Waals surface area contributed by atoms with E-state index in [-0.39, 0.29) is 12.1 Å². The average molecular weight is 285 g/mol. The van der Waals surface area contributed by atoms with Gasteiger partial charge in [0.25, 0.3) is 0 Å². The second-order valence-electron chi connectivity index (χ2n) is 5.13. The topological polar surface area (TPSA) is 30.5 Å². The number of benzene rings is 2. The third-order valence-electron chi connectivity index (χ3n) is 3.70. The van der Waals surface area contributed by atoms with Crippen molar-refractivity contribution >= 4 is 0 Å². The molecule has 0 aromatic heterocycles. The molecule has 0 saturated heterocycles. The molecule has 0 fully saturated rings. The molecular formula is C18H23NO2. The monoisotopic (exact) mass is 285 g/mol. The minimum atomic E-state index is 0.197. The molecule has 1 N–H and O–H groups in total. The molecule has 3 heteroatoms. The molecule has 2 atom stereocenters. The van der Waals surface area contributed by atoms with Crippen molar-refractivity contribution in [3.8, 4) is 11.5 Å². The lowest BCUT2D eigenvalue weighted by atomic mass is 10.0. The molecule has 2 aromatic carbocycles. The highest BCUT2D eigenvalue weighted by atomic mass is 16.5. The molecule has 112 valence electrons. The van der Waals surface area contributed by atoms with Gasteiger partial charge in [-0.05, 0) is 37.6 Å². The molecule has 1 unspecified atom stereocenters. The van der Waals surface area contributed by atoms with E-state index >= 15 is 0 Å². The first-order chi connectivity index (χ1) is 10.2. The molecule has 0 aliphatic rings. The Morgan fingerprint density at radius 2 is 1.62 bits per heavy atom. The average Bonchev–Trinajstić information content (AvgIpc) is 2.54. The Balaban J connectivity index is 2.12. The van der Waals surface area contributed by atoms with E-state index in [2.05, 4.69) is 37.4 Å². The van der Waals surface area contributed by atoms with E-state index in [9.17, 15) is 0 Å². The van der Waals surface area contributed by atoms with Crippen LogP contribution in [0.1, 0.15) is 37.1 Å². The Kier molecular flexibility index (Phi) is 5.23. The third kappa shape index (κ3) is 3.76. The van der Waals surface area contributed by atoms with Crippen LogP contribution in [-0.2, 0) is 0 Å². The lowest BCUT2D eigenvalue weighted by Gasteiger charge is -2.22. The fraction of sp³-hybridized carbons (Fsp3) is 0.333. The van der Waals surface area contributed by atoms with Gasteiger partial charge in [-0.15, -0.1) is 0 Å². The van der Waals surface area contributed by atoms with Crippen LogP contribution in [0, 0.1) is 0 Å². The Labute approximate surface area is 126 Å². The SMILES string of the molecule is COc1cccc(C(C)N[C@H](C)c2ccccc2OC)c1. The van der Waals surface area contributed by atoms with Gasteiger partial charge in [0.05, 0.1) is 14.2 Å². The van der Waals surface area contributed by atoms with Crippen LogP contribution in [0.4, 0.5) is 0 Å². The summed E-state index contributed by atoms with van der Waals surface area (Å²) >= 11 is 0. The van der Waals surface area contributed by atoms with Crippen molar-refractivity contribution in [2.45, 2.75) is 25.9 Å². The van der Waals surface area contributed by atoms with Crippen LogP contribution < -0.4 is 14.8 Å². The summed E-state index contributed by atoms with van der Waals surface area (Å²) < 4.78 is 10.7. The van der Waals surface area contributed by atoms with Crippen LogP contribution in [0.2, 0.25) is 0 Å². The maximum absolute atomic E-state index is 5.43. The largest absolute Gasteiger partial charge is 0.497 e. The van der Waals surface area contributed by atoms with E-state index in [0.717, 1.165) is 17.1 Å². The summed E-state index contributed by atoms with van der Waals surface area (Å²) in [5.41, 5.74) is 2.37. The summed E-state index contributed by atoms with van der Waals surface area (Å²) in [6, 6.07) is 16.7. The van der Waals surface area contributed by atoms with Crippen molar-refractivity contribution in [1.82, 2.24) is 5.32 Å². The Morgan fingerprint density at radius 3 is 2.33 bits per heavy atom. The Hall–Kier alpha value is -2.00.